The molecule has 3 aliphatic rings. The van der Waals surface area contributed by atoms with E-state index < -0.39 is 77.1 Å². The lowest BCUT2D eigenvalue weighted by molar-refractivity contribution is -0.144. The van der Waals surface area contributed by atoms with E-state index in [-0.39, 0.29) is 19.4 Å². The second-order valence-electron chi connectivity index (χ2n) is 14.1. The molecule has 1 heterocycles. The Morgan fingerprint density at radius 3 is 2.43 bits per heavy atom. The summed E-state index contributed by atoms with van der Waals surface area (Å²) >= 11 is 0. The first-order valence-electron chi connectivity index (χ1n) is 16.5. The van der Waals surface area contributed by atoms with Crippen molar-refractivity contribution in [2.45, 2.75) is 82.3 Å². The maximum absolute atomic E-state index is 13.9. The number of likely N-dealkylation sites (tertiary alicyclic amines) is 1. The molecule has 1 unspecified atom stereocenters. The molecule has 13 heteroatoms. The van der Waals surface area contributed by atoms with Gasteiger partial charge in [0.1, 0.15) is 23.7 Å². The summed E-state index contributed by atoms with van der Waals surface area (Å²) in [4.78, 5) is 67.3. The van der Waals surface area contributed by atoms with Gasteiger partial charge in [-0.25, -0.2) is 14.4 Å². The number of nitrogens with one attached hydrogen (secondary N) is 4. The van der Waals surface area contributed by atoms with Crippen molar-refractivity contribution in [1.29, 1.82) is 0 Å². The lowest BCUT2D eigenvalue weighted by atomic mass is 9.86. The lowest BCUT2D eigenvalue weighted by Gasteiger charge is -2.34. The number of hydrogen-bond acceptors (Lipinski definition) is 7. The van der Waals surface area contributed by atoms with Crippen LogP contribution < -0.4 is 21.3 Å². The highest BCUT2D eigenvalue weighted by Gasteiger charge is 2.61. The quantitative estimate of drug-likeness (QED) is 0.196. The summed E-state index contributed by atoms with van der Waals surface area (Å²) in [5.41, 5.74) is 0.406. The number of urea groups is 1. The molecule has 1 aliphatic heterocycles. The fourth-order valence-corrected chi connectivity index (χ4v) is 6.69. The van der Waals surface area contributed by atoms with Crippen LogP contribution in [0, 0.1) is 11.3 Å². The molecular formula is C36H45N5O8. The standard InChI is InChI=1S/C36H45N5O8/c1-5-23-19-36(23,32(45)46)40-30(43)26-18-24(49-34(48)37-16-15-21-11-7-6-8-12-21)20-41(26)33(47)39-29(35(2,3)4)31(44)38-28-25-14-10-9-13-22(25)17-27(28)42/h5-14,23-24,26-29,42H,1,15-20H2,2-4H3,(H,37,48)(H,38,44)(H,39,47)(H,40,43)(H,45,46)/t23-,24-,26+,27-,28+,29?,36-/m1/s1. The average molecular weight is 676 g/mol. The number of fused-ring (bicyclic) bond motifs is 1. The molecule has 0 aromatic heterocycles. The number of alkyl carbamates (subject to hydrolysis) is 1. The number of nitrogens with zero attached hydrogens (tertiary/aromatic N) is 1. The van der Waals surface area contributed by atoms with Crippen molar-refractivity contribution in [3.05, 3.63) is 83.9 Å². The van der Waals surface area contributed by atoms with E-state index in [9.17, 15) is 34.2 Å². The monoisotopic (exact) mass is 675 g/mol. The number of carboxylic acid groups (broad SMARTS) is 1. The summed E-state index contributed by atoms with van der Waals surface area (Å²) in [5.74, 6) is -2.94. The number of benzene rings is 2. The molecule has 0 spiro atoms. The SMILES string of the molecule is C=C[C@@H]1C[C@]1(NC(=O)[C@@H]1C[C@@H](OC(=O)NCCc2ccccc2)CN1C(=O)NC(C(=O)N[C@H]1c2ccccc2C[C@H]1O)C(C)(C)C)C(=O)O. The molecule has 2 aromatic rings. The van der Waals surface area contributed by atoms with Crippen LogP contribution in [0.3, 0.4) is 0 Å². The van der Waals surface area contributed by atoms with Crippen molar-refractivity contribution in [3.63, 3.8) is 0 Å². The Morgan fingerprint density at radius 1 is 1.08 bits per heavy atom. The highest BCUT2D eigenvalue weighted by molar-refractivity contribution is 5.95. The summed E-state index contributed by atoms with van der Waals surface area (Å²) in [6.07, 6.45) is 0.0299. The van der Waals surface area contributed by atoms with Crippen LogP contribution in [-0.4, -0.2) is 87.9 Å². The first kappa shape index (κ1) is 35.4. The third kappa shape index (κ3) is 7.88. The van der Waals surface area contributed by atoms with Crippen LogP contribution >= 0.6 is 0 Å². The number of carboxylic acids is 1. The summed E-state index contributed by atoms with van der Waals surface area (Å²) in [6.45, 7) is 9.11. The van der Waals surface area contributed by atoms with E-state index in [1.54, 1.807) is 20.8 Å². The summed E-state index contributed by atoms with van der Waals surface area (Å²) in [6, 6.07) is 13.3. The van der Waals surface area contributed by atoms with Gasteiger partial charge in [0.25, 0.3) is 0 Å². The van der Waals surface area contributed by atoms with Crippen LogP contribution in [0.15, 0.2) is 67.3 Å². The maximum atomic E-state index is 13.9. The van der Waals surface area contributed by atoms with Crippen molar-refractivity contribution >= 4 is 29.9 Å². The molecule has 262 valence electrons. The van der Waals surface area contributed by atoms with E-state index >= 15 is 0 Å². The van der Waals surface area contributed by atoms with E-state index in [1.807, 2.05) is 54.6 Å². The van der Waals surface area contributed by atoms with Gasteiger partial charge in [0, 0.05) is 25.3 Å². The van der Waals surface area contributed by atoms with E-state index in [1.165, 1.54) is 11.0 Å². The summed E-state index contributed by atoms with van der Waals surface area (Å²) in [7, 11) is 0. The summed E-state index contributed by atoms with van der Waals surface area (Å²) in [5, 5.41) is 31.6. The topological polar surface area (TPSA) is 186 Å². The van der Waals surface area contributed by atoms with Gasteiger partial charge in [0.15, 0.2) is 0 Å². The minimum Gasteiger partial charge on any atom is -0.479 e. The second kappa shape index (κ2) is 14.3. The van der Waals surface area contributed by atoms with Gasteiger partial charge in [-0.05, 0) is 34.9 Å². The van der Waals surface area contributed by atoms with Crippen molar-refractivity contribution in [1.82, 2.24) is 26.2 Å². The van der Waals surface area contributed by atoms with Crippen LogP contribution in [0.5, 0.6) is 0 Å². The Hall–Kier alpha value is -4.91. The van der Waals surface area contributed by atoms with Gasteiger partial charge in [-0.15, -0.1) is 6.58 Å². The van der Waals surface area contributed by atoms with Crippen molar-refractivity contribution in [3.8, 4) is 0 Å². The van der Waals surface area contributed by atoms with Gasteiger partial charge in [0.2, 0.25) is 11.8 Å². The Labute approximate surface area is 285 Å². The number of carbonyl (C=O) groups excluding carboxylic acids is 4. The fourth-order valence-electron chi connectivity index (χ4n) is 6.69. The molecule has 13 nitrogen and oxygen atoms in total. The molecule has 1 saturated carbocycles. The first-order chi connectivity index (χ1) is 23.2. The zero-order chi connectivity index (χ0) is 35.5. The zero-order valence-corrected chi connectivity index (χ0v) is 28.0. The highest BCUT2D eigenvalue weighted by atomic mass is 16.6. The van der Waals surface area contributed by atoms with Gasteiger partial charge >= 0.3 is 18.1 Å². The van der Waals surface area contributed by atoms with Crippen LogP contribution in [0.1, 0.15) is 56.3 Å². The predicted molar refractivity (Wildman–Crippen MR) is 179 cm³/mol. The number of aliphatic hydroxyl groups excluding tert-OH is 1. The number of rotatable bonds is 11. The average Bonchev–Trinajstić information content (AvgIpc) is 3.47. The molecule has 5 rings (SSSR count). The molecule has 5 amide bonds. The third-order valence-corrected chi connectivity index (χ3v) is 9.55. The normalized spacial score (nSPS) is 26.1. The van der Waals surface area contributed by atoms with E-state index in [0.717, 1.165) is 16.7 Å². The maximum Gasteiger partial charge on any atom is 0.407 e. The summed E-state index contributed by atoms with van der Waals surface area (Å²) < 4.78 is 5.61. The van der Waals surface area contributed by atoms with Gasteiger partial charge in [0.05, 0.1) is 18.7 Å². The number of hydrogen-bond donors (Lipinski definition) is 6. The zero-order valence-electron chi connectivity index (χ0n) is 28.0. The van der Waals surface area contributed by atoms with Crippen LogP contribution in [-0.2, 0) is 32.0 Å². The van der Waals surface area contributed by atoms with E-state index in [0.29, 0.717) is 19.4 Å². The van der Waals surface area contributed by atoms with Crippen LogP contribution in [0.4, 0.5) is 9.59 Å². The third-order valence-electron chi connectivity index (χ3n) is 9.55. The van der Waals surface area contributed by atoms with Crippen molar-refractivity contribution < 1.29 is 38.9 Å². The molecule has 6 N–H and O–H groups in total. The van der Waals surface area contributed by atoms with Crippen LogP contribution in [0.2, 0.25) is 0 Å². The number of aliphatic hydroxyl groups is 1. The van der Waals surface area contributed by atoms with E-state index in [2.05, 4.69) is 27.8 Å². The Morgan fingerprint density at radius 2 is 1.78 bits per heavy atom. The Bertz CT molecular complexity index is 1590. The fraction of sp³-hybridized carbons (Fsp3) is 0.472. The minimum atomic E-state index is -1.54. The Kier molecular flexibility index (Phi) is 10.3. The molecule has 2 aromatic carbocycles. The number of carbonyl (C=O) groups is 5. The first-order valence-corrected chi connectivity index (χ1v) is 16.5. The van der Waals surface area contributed by atoms with Gasteiger partial charge in [-0.2, -0.15) is 0 Å². The van der Waals surface area contributed by atoms with E-state index in [4.69, 9.17) is 4.74 Å². The molecule has 2 aliphatic carbocycles. The van der Waals surface area contributed by atoms with Crippen molar-refractivity contribution in [2.75, 3.05) is 13.1 Å². The van der Waals surface area contributed by atoms with Gasteiger partial charge in [-0.1, -0.05) is 81.4 Å². The van der Waals surface area contributed by atoms with Crippen LogP contribution in [0.25, 0.3) is 0 Å². The molecule has 0 radical (unpaired) electrons. The smallest absolute Gasteiger partial charge is 0.407 e. The molecule has 7 atom stereocenters. The number of aliphatic carboxylic acids is 1. The number of ether oxygens (including phenoxy) is 1. The molecular weight excluding hydrogens is 630 g/mol. The molecule has 2 fully saturated rings. The molecule has 0 bridgehead atoms. The van der Waals surface area contributed by atoms with Gasteiger partial charge in [-0.3, -0.25) is 9.59 Å². The predicted octanol–water partition coefficient (Wildman–Crippen LogP) is 2.44. The molecule has 49 heavy (non-hydrogen) atoms. The van der Waals surface area contributed by atoms with Crippen molar-refractivity contribution in [2.24, 2.45) is 11.3 Å². The number of amides is 5. The highest BCUT2D eigenvalue weighted by Crippen LogP contribution is 2.45. The Balaban J connectivity index is 1.29. The van der Waals surface area contributed by atoms with Gasteiger partial charge < -0.3 is 41.1 Å². The minimum absolute atomic E-state index is 0.0861. The lowest BCUT2D eigenvalue weighted by Crippen LogP contribution is -2.60. The largest absolute Gasteiger partial charge is 0.479 e. The molecule has 1 saturated heterocycles. The second-order valence-corrected chi connectivity index (χ2v) is 14.1.